The van der Waals surface area contributed by atoms with Gasteiger partial charge in [0.25, 0.3) is 0 Å². The van der Waals surface area contributed by atoms with Gasteiger partial charge in [-0.3, -0.25) is 0 Å². The fraction of sp³-hybridized carbons (Fsp3) is 0.125. The van der Waals surface area contributed by atoms with Crippen LogP contribution in [0.4, 0.5) is 11.5 Å². The molecule has 2 heterocycles. The number of halogens is 1. The third-order valence-corrected chi connectivity index (χ3v) is 7.61. The molecule has 0 bridgehead atoms. The smallest absolute Gasteiger partial charge is 0.229 e. The Morgan fingerprint density at radius 3 is 2.50 bits per heavy atom. The average molecular weight is 494 g/mol. The van der Waals surface area contributed by atoms with Crippen molar-refractivity contribution in [3.05, 3.63) is 76.8 Å². The first-order valence-corrected chi connectivity index (χ1v) is 12.2. The first-order valence-electron chi connectivity index (χ1n) is 10.4. The molecule has 0 spiro atoms. The van der Waals surface area contributed by atoms with Crippen LogP contribution in [0.2, 0.25) is 5.02 Å². The summed E-state index contributed by atoms with van der Waals surface area (Å²) in [6.45, 7) is 3.77. The molecule has 1 N–H and O–H groups in total. The standard InChI is InChI=1S/C24H20ClN5O3S/c1-14-8-10-16(11-9-14)34(31,32)24-23-27-22(17-6-4-5-7-20(17)30(23)29-28-24)26-19-12-15(2)18(25)13-21(19)33-3/h4-13H,1-3H3,(H,26,27). The maximum Gasteiger partial charge on any atom is 0.229 e. The van der Waals surface area contributed by atoms with Crippen molar-refractivity contribution in [2.45, 2.75) is 23.8 Å². The lowest BCUT2D eigenvalue weighted by atomic mass is 10.2. The Bertz CT molecular complexity index is 1660. The molecule has 0 aliphatic rings. The number of methoxy groups -OCH3 is 1. The van der Waals surface area contributed by atoms with Crippen LogP contribution in [-0.4, -0.2) is 35.3 Å². The third kappa shape index (κ3) is 3.63. The van der Waals surface area contributed by atoms with Crippen LogP contribution in [-0.2, 0) is 9.84 Å². The molecular formula is C24H20ClN5O3S. The number of nitrogens with one attached hydrogen (secondary N) is 1. The second-order valence-corrected chi connectivity index (χ2v) is 10.1. The summed E-state index contributed by atoms with van der Waals surface area (Å²) in [5.41, 5.74) is 3.21. The van der Waals surface area contributed by atoms with Crippen molar-refractivity contribution < 1.29 is 13.2 Å². The van der Waals surface area contributed by atoms with Crippen LogP contribution in [0.25, 0.3) is 16.6 Å². The van der Waals surface area contributed by atoms with Crippen molar-refractivity contribution >= 4 is 49.5 Å². The molecule has 0 amide bonds. The number of hydrogen-bond donors (Lipinski definition) is 1. The van der Waals surface area contributed by atoms with Crippen LogP contribution in [0.3, 0.4) is 0 Å². The highest BCUT2D eigenvalue weighted by molar-refractivity contribution is 7.91. The summed E-state index contributed by atoms with van der Waals surface area (Å²) in [6, 6.07) is 17.6. The van der Waals surface area contributed by atoms with Gasteiger partial charge in [0.15, 0.2) is 5.65 Å². The van der Waals surface area contributed by atoms with E-state index in [4.69, 9.17) is 16.3 Å². The lowest BCUT2D eigenvalue weighted by Crippen LogP contribution is -2.06. The van der Waals surface area contributed by atoms with Gasteiger partial charge in [-0.05, 0) is 49.7 Å². The minimum atomic E-state index is -3.95. The van der Waals surface area contributed by atoms with Gasteiger partial charge < -0.3 is 10.1 Å². The molecule has 10 heteroatoms. The Balaban J connectivity index is 1.74. The first-order chi connectivity index (χ1) is 16.3. The number of ether oxygens (including phenoxy) is 1. The number of anilines is 2. The second kappa shape index (κ2) is 8.27. The first kappa shape index (κ1) is 22.1. The van der Waals surface area contributed by atoms with Crippen molar-refractivity contribution in [3.8, 4) is 5.75 Å². The number of hydrogen-bond acceptors (Lipinski definition) is 7. The van der Waals surface area contributed by atoms with Crippen molar-refractivity contribution in [2.24, 2.45) is 0 Å². The van der Waals surface area contributed by atoms with Crippen molar-refractivity contribution in [1.29, 1.82) is 0 Å². The van der Waals surface area contributed by atoms with Gasteiger partial charge in [-0.15, -0.1) is 5.10 Å². The van der Waals surface area contributed by atoms with E-state index in [0.717, 1.165) is 16.5 Å². The molecule has 3 aromatic carbocycles. The number of nitrogens with zero attached hydrogens (tertiary/aromatic N) is 4. The number of aromatic nitrogens is 4. The predicted octanol–water partition coefficient (Wildman–Crippen LogP) is 5.13. The largest absolute Gasteiger partial charge is 0.495 e. The highest BCUT2D eigenvalue weighted by Crippen LogP contribution is 2.35. The number of para-hydroxylation sites is 1. The summed E-state index contributed by atoms with van der Waals surface area (Å²) in [7, 11) is -2.40. The molecule has 172 valence electrons. The molecule has 0 saturated carbocycles. The molecule has 0 fully saturated rings. The monoisotopic (exact) mass is 493 g/mol. The number of aryl methyl sites for hydroxylation is 2. The molecule has 0 radical (unpaired) electrons. The van der Waals surface area contributed by atoms with Gasteiger partial charge >= 0.3 is 0 Å². The second-order valence-electron chi connectivity index (χ2n) is 7.85. The number of rotatable bonds is 5. The molecule has 5 aromatic rings. The van der Waals surface area contributed by atoms with E-state index in [9.17, 15) is 8.42 Å². The van der Waals surface area contributed by atoms with Gasteiger partial charge in [0.2, 0.25) is 14.9 Å². The topological polar surface area (TPSA) is 98.5 Å². The SMILES string of the molecule is COc1cc(Cl)c(C)cc1Nc1nc2c(S(=O)(=O)c3ccc(C)cc3)nnn2c2ccccc12. The zero-order valence-corrected chi connectivity index (χ0v) is 20.1. The number of fused-ring (bicyclic) bond motifs is 3. The third-order valence-electron chi connectivity index (χ3n) is 5.54. The quantitative estimate of drug-likeness (QED) is 0.362. The Morgan fingerprint density at radius 1 is 1.03 bits per heavy atom. The minimum absolute atomic E-state index is 0.117. The Morgan fingerprint density at radius 2 is 1.76 bits per heavy atom. The molecule has 0 atom stereocenters. The molecule has 0 unspecified atom stereocenters. The van der Waals surface area contributed by atoms with Crippen molar-refractivity contribution in [1.82, 2.24) is 19.8 Å². The molecule has 8 nitrogen and oxygen atoms in total. The minimum Gasteiger partial charge on any atom is -0.495 e. The molecular weight excluding hydrogens is 474 g/mol. The summed E-state index contributed by atoms with van der Waals surface area (Å²) in [5, 5.41) is 12.5. The van der Waals surface area contributed by atoms with E-state index in [0.29, 0.717) is 27.8 Å². The van der Waals surface area contributed by atoms with E-state index in [1.807, 2.05) is 44.2 Å². The summed E-state index contributed by atoms with van der Waals surface area (Å²) >= 11 is 6.26. The average Bonchev–Trinajstić information content (AvgIpc) is 3.26. The van der Waals surface area contributed by atoms with Gasteiger partial charge in [0.1, 0.15) is 11.6 Å². The highest BCUT2D eigenvalue weighted by Gasteiger charge is 2.27. The van der Waals surface area contributed by atoms with Gasteiger partial charge in [0.05, 0.1) is 23.2 Å². The van der Waals surface area contributed by atoms with E-state index in [2.05, 4.69) is 20.6 Å². The maximum absolute atomic E-state index is 13.4. The predicted molar refractivity (Wildman–Crippen MR) is 131 cm³/mol. The van der Waals surface area contributed by atoms with E-state index >= 15 is 0 Å². The lowest BCUT2D eigenvalue weighted by Gasteiger charge is -2.14. The number of sulfone groups is 1. The normalized spacial score (nSPS) is 11.8. The van der Waals surface area contributed by atoms with Gasteiger partial charge in [-0.2, -0.15) is 4.52 Å². The van der Waals surface area contributed by atoms with Gasteiger partial charge in [0, 0.05) is 16.5 Å². The van der Waals surface area contributed by atoms with Crippen LogP contribution in [0, 0.1) is 13.8 Å². The van der Waals surface area contributed by atoms with Crippen LogP contribution < -0.4 is 10.1 Å². The molecule has 5 rings (SSSR count). The fourth-order valence-corrected chi connectivity index (χ4v) is 5.09. The maximum atomic E-state index is 13.4. The Labute approximate surface area is 201 Å². The lowest BCUT2D eigenvalue weighted by molar-refractivity contribution is 0.416. The van der Waals surface area contributed by atoms with E-state index in [1.54, 1.807) is 37.4 Å². The molecule has 0 saturated heterocycles. The summed E-state index contributed by atoms with van der Waals surface area (Å²) in [6.07, 6.45) is 0. The van der Waals surface area contributed by atoms with E-state index in [-0.39, 0.29) is 15.6 Å². The van der Waals surface area contributed by atoms with E-state index in [1.165, 1.54) is 4.52 Å². The summed E-state index contributed by atoms with van der Waals surface area (Å²) in [5.74, 6) is 0.964. The van der Waals surface area contributed by atoms with Crippen LogP contribution in [0.15, 0.2) is 70.6 Å². The zero-order chi connectivity index (χ0) is 24.0. The number of benzene rings is 3. The highest BCUT2D eigenvalue weighted by atomic mass is 35.5. The molecule has 2 aromatic heterocycles. The molecule has 0 aliphatic carbocycles. The summed E-state index contributed by atoms with van der Waals surface area (Å²) < 4.78 is 33.7. The molecule has 34 heavy (non-hydrogen) atoms. The Hall–Kier alpha value is -3.69. The van der Waals surface area contributed by atoms with Crippen LogP contribution >= 0.6 is 11.6 Å². The van der Waals surface area contributed by atoms with Crippen LogP contribution in [0.5, 0.6) is 5.75 Å². The van der Waals surface area contributed by atoms with Crippen molar-refractivity contribution in [3.63, 3.8) is 0 Å². The summed E-state index contributed by atoms with van der Waals surface area (Å²) in [4.78, 5) is 4.78. The van der Waals surface area contributed by atoms with E-state index < -0.39 is 9.84 Å². The Kier molecular flexibility index (Phi) is 5.38. The van der Waals surface area contributed by atoms with Gasteiger partial charge in [-0.25, -0.2) is 13.4 Å². The zero-order valence-electron chi connectivity index (χ0n) is 18.6. The van der Waals surface area contributed by atoms with Crippen LogP contribution in [0.1, 0.15) is 11.1 Å². The molecule has 0 aliphatic heterocycles. The van der Waals surface area contributed by atoms with Crippen molar-refractivity contribution in [2.75, 3.05) is 12.4 Å². The van der Waals surface area contributed by atoms with Gasteiger partial charge in [-0.1, -0.05) is 46.6 Å². The fourth-order valence-electron chi connectivity index (χ4n) is 3.70.